The Hall–Kier alpha value is -3.12. The van der Waals surface area contributed by atoms with Gasteiger partial charge in [0, 0.05) is 0 Å². The summed E-state index contributed by atoms with van der Waals surface area (Å²) in [7, 11) is 0. The fraction of sp³-hybridized carbons (Fsp3) is 0.0769. The lowest BCUT2D eigenvalue weighted by Crippen LogP contribution is -1.87. The summed E-state index contributed by atoms with van der Waals surface area (Å²) < 4.78 is 0. The summed E-state index contributed by atoms with van der Waals surface area (Å²) >= 11 is 0. The van der Waals surface area contributed by atoms with Gasteiger partial charge in [-0.3, -0.25) is 0 Å². The minimum atomic E-state index is 1.22. The molecule has 3 aromatic carbocycles. The van der Waals surface area contributed by atoms with E-state index in [0.717, 1.165) is 0 Å². The van der Waals surface area contributed by atoms with Crippen LogP contribution in [0.1, 0.15) is 36.1 Å². The molecular weight excluding hydrogens is 312 g/mol. The van der Waals surface area contributed by atoms with E-state index in [4.69, 9.17) is 0 Å². The van der Waals surface area contributed by atoms with Crippen molar-refractivity contribution in [2.75, 3.05) is 0 Å². The lowest BCUT2D eigenvalue weighted by Gasteiger charge is -2.08. The van der Waals surface area contributed by atoms with Crippen molar-refractivity contribution in [3.63, 3.8) is 0 Å². The second-order valence-electron chi connectivity index (χ2n) is 6.82. The van der Waals surface area contributed by atoms with Crippen LogP contribution in [-0.2, 0) is 0 Å². The first-order valence-electron chi connectivity index (χ1n) is 9.06. The first-order valence-corrected chi connectivity index (χ1v) is 9.06. The first kappa shape index (κ1) is 16.4. The molecule has 3 aromatic rings. The highest BCUT2D eigenvalue weighted by molar-refractivity contribution is 6.07. The van der Waals surface area contributed by atoms with Gasteiger partial charge in [0.05, 0.1) is 0 Å². The molecule has 0 fully saturated rings. The van der Waals surface area contributed by atoms with Crippen molar-refractivity contribution >= 4 is 17.2 Å². The van der Waals surface area contributed by atoms with Crippen LogP contribution in [0.3, 0.4) is 0 Å². The predicted octanol–water partition coefficient (Wildman–Crippen LogP) is 7.01. The molecule has 0 saturated heterocycles. The highest BCUT2D eigenvalue weighted by atomic mass is 14.3. The van der Waals surface area contributed by atoms with Crippen LogP contribution in [0.5, 0.6) is 0 Å². The van der Waals surface area contributed by atoms with E-state index in [9.17, 15) is 0 Å². The average molecular weight is 334 g/mol. The third-order valence-corrected chi connectivity index (χ3v) is 4.81. The fourth-order valence-corrected chi connectivity index (χ4v) is 3.70. The van der Waals surface area contributed by atoms with Crippen LogP contribution in [0.2, 0.25) is 0 Å². The van der Waals surface area contributed by atoms with Crippen LogP contribution in [0, 0.1) is 0 Å². The zero-order valence-electron chi connectivity index (χ0n) is 15.2. The molecule has 4 rings (SSSR count). The highest BCUT2D eigenvalue weighted by Crippen LogP contribution is 2.46. The molecule has 0 saturated carbocycles. The maximum absolute atomic E-state index is 2.28. The minimum absolute atomic E-state index is 1.22. The highest BCUT2D eigenvalue weighted by Gasteiger charge is 2.26. The van der Waals surface area contributed by atoms with Crippen molar-refractivity contribution in [3.05, 3.63) is 124 Å². The molecule has 0 nitrogen and oxygen atoms in total. The van der Waals surface area contributed by atoms with Gasteiger partial charge >= 0.3 is 0 Å². The van der Waals surface area contributed by atoms with E-state index in [0.29, 0.717) is 0 Å². The molecule has 0 bridgehead atoms. The van der Waals surface area contributed by atoms with Crippen LogP contribution in [0.25, 0.3) is 17.2 Å². The van der Waals surface area contributed by atoms with Crippen LogP contribution in [-0.4, -0.2) is 0 Å². The molecule has 0 amide bonds. The SMILES string of the molecule is CC(C)=C1C(/C=C/c2ccccc2)=C(c2ccccc2)c2ccccc21. The first-order chi connectivity index (χ1) is 12.8. The molecule has 1 aliphatic rings. The zero-order chi connectivity index (χ0) is 17.9. The molecule has 0 spiro atoms. The summed E-state index contributed by atoms with van der Waals surface area (Å²) in [6.07, 6.45) is 4.49. The van der Waals surface area contributed by atoms with Crippen molar-refractivity contribution in [1.82, 2.24) is 0 Å². The Labute approximate surface area is 155 Å². The van der Waals surface area contributed by atoms with Gasteiger partial charge in [-0.25, -0.2) is 0 Å². The van der Waals surface area contributed by atoms with Gasteiger partial charge in [0.1, 0.15) is 0 Å². The fourth-order valence-electron chi connectivity index (χ4n) is 3.70. The van der Waals surface area contributed by atoms with Crippen LogP contribution < -0.4 is 0 Å². The van der Waals surface area contributed by atoms with Gasteiger partial charge in [0.2, 0.25) is 0 Å². The van der Waals surface area contributed by atoms with Gasteiger partial charge in [0.15, 0.2) is 0 Å². The Morgan fingerprint density at radius 1 is 0.615 bits per heavy atom. The molecule has 0 aliphatic heterocycles. The van der Waals surface area contributed by atoms with Crippen LogP contribution in [0.15, 0.2) is 102 Å². The summed E-state index contributed by atoms with van der Waals surface area (Å²) in [6.45, 7) is 4.41. The molecule has 0 unspecified atom stereocenters. The number of rotatable bonds is 3. The molecule has 0 aromatic heterocycles. The van der Waals surface area contributed by atoms with E-state index in [2.05, 4.69) is 111 Å². The second kappa shape index (κ2) is 7.01. The Kier molecular flexibility index (Phi) is 4.41. The lowest BCUT2D eigenvalue weighted by molar-refractivity contribution is 1.39. The van der Waals surface area contributed by atoms with Gasteiger partial charge in [-0.2, -0.15) is 0 Å². The van der Waals surface area contributed by atoms with Gasteiger partial charge in [-0.05, 0) is 52.8 Å². The summed E-state index contributed by atoms with van der Waals surface area (Å²) in [5, 5.41) is 0. The third-order valence-electron chi connectivity index (χ3n) is 4.81. The lowest BCUT2D eigenvalue weighted by atomic mass is 9.96. The smallest absolute Gasteiger partial charge is 0.00264 e. The number of hydrogen-bond acceptors (Lipinski definition) is 0. The molecule has 26 heavy (non-hydrogen) atoms. The molecule has 0 heterocycles. The second-order valence-corrected chi connectivity index (χ2v) is 6.82. The number of fused-ring (bicyclic) bond motifs is 1. The molecule has 1 aliphatic carbocycles. The van der Waals surface area contributed by atoms with E-state index in [1.54, 1.807) is 0 Å². The molecule has 0 heteroatoms. The Bertz CT molecular complexity index is 1010. The van der Waals surface area contributed by atoms with Crippen molar-refractivity contribution in [3.8, 4) is 0 Å². The standard InChI is InChI=1S/C26H22/c1-19(2)25-22-15-9-10-16-23(22)26(21-13-7-4-8-14-21)24(25)18-17-20-11-5-3-6-12-20/h3-18H,1-2H3/b18-17+. The maximum Gasteiger partial charge on any atom is -0.00264 e. The van der Waals surface area contributed by atoms with Crippen molar-refractivity contribution in [2.45, 2.75) is 13.8 Å². The monoisotopic (exact) mass is 334 g/mol. The molecule has 0 N–H and O–H groups in total. The van der Waals surface area contributed by atoms with E-state index in [1.807, 2.05) is 0 Å². The third kappa shape index (κ3) is 2.95. The van der Waals surface area contributed by atoms with Crippen LogP contribution in [0.4, 0.5) is 0 Å². The number of hydrogen-bond donors (Lipinski definition) is 0. The van der Waals surface area contributed by atoms with E-state index < -0.39 is 0 Å². The van der Waals surface area contributed by atoms with Crippen LogP contribution >= 0.6 is 0 Å². The Morgan fingerprint density at radius 2 is 1.19 bits per heavy atom. The molecular formula is C26H22. The van der Waals surface area contributed by atoms with Gasteiger partial charge < -0.3 is 0 Å². The van der Waals surface area contributed by atoms with E-state index in [-0.39, 0.29) is 0 Å². The number of allylic oxidation sites excluding steroid dienone is 4. The average Bonchev–Trinajstić information content (AvgIpc) is 3.02. The van der Waals surface area contributed by atoms with Gasteiger partial charge in [-0.1, -0.05) is 103 Å². The largest absolute Gasteiger partial charge is 0.0679 e. The normalized spacial score (nSPS) is 13.4. The zero-order valence-corrected chi connectivity index (χ0v) is 15.2. The van der Waals surface area contributed by atoms with Crippen molar-refractivity contribution in [2.24, 2.45) is 0 Å². The topological polar surface area (TPSA) is 0 Å². The summed E-state index contributed by atoms with van der Waals surface area (Å²) in [4.78, 5) is 0. The van der Waals surface area contributed by atoms with Gasteiger partial charge in [0.25, 0.3) is 0 Å². The van der Waals surface area contributed by atoms with Crippen molar-refractivity contribution < 1.29 is 0 Å². The molecule has 126 valence electrons. The molecule has 0 radical (unpaired) electrons. The minimum Gasteiger partial charge on any atom is -0.0679 e. The quantitative estimate of drug-likeness (QED) is 0.483. The predicted molar refractivity (Wildman–Crippen MR) is 113 cm³/mol. The summed E-state index contributed by atoms with van der Waals surface area (Å²) in [5.74, 6) is 0. The Morgan fingerprint density at radius 3 is 1.85 bits per heavy atom. The molecule has 0 atom stereocenters. The van der Waals surface area contributed by atoms with Gasteiger partial charge in [-0.15, -0.1) is 0 Å². The maximum atomic E-state index is 2.28. The summed E-state index contributed by atoms with van der Waals surface area (Å²) in [5.41, 5.74) is 10.5. The number of benzene rings is 3. The summed E-state index contributed by atoms with van der Waals surface area (Å²) in [6, 6.07) is 30.0. The Balaban J connectivity index is 1.96. The van der Waals surface area contributed by atoms with E-state index >= 15 is 0 Å². The van der Waals surface area contributed by atoms with E-state index in [1.165, 1.54) is 44.5 Å². The van der Waals surface area contributed by atoms with Crippen molar-refractivity contribution in [1.29, 1.82) is 0 Å².